The lowest BCUT2D eigenvalue weighted by atomic mass is 10.2. The molecular weight excluding hydrogens is 344 g/mol. The molecule has 1 heterocycles. The molecule has 5 nitrogen and oxygen atoms in total. The predicted molar refractivity (Wildman–Crippen MR) is 91.4 cm³/mol. The molecule has 0 aliphatic heterocycles. The van der Waals surface area contributed by atoms with Crippen molar-refractivity contribution in [2.45, 2.75) is 33.2 Å². The molecule has 116 valence electrons. The fourth-order valence-electron chi connectivity index (χ4n) is 1.77. The van der Waals surface area contributed by atoms with Crippen molar-refractivity contribution in [2.24, 2.45) is 0 Å². The number of nitrogens with one attached hydrogen (secondary N) is 2. The largest absolute Gasteiger partial charge is 0.348 e. The number of halogens is 1. The molecule has 0 aliphatic carbocycles. The van der Waals surface area contributed by atoms with Crippen molar-refractivity contribution in [3.63, 3.8) is 0 Å². The summed E-state index contributed by atoms with van der Waals surface area (Å²) in [5, 5.41) is 6.03. The van der Waals surface area contributed by atoms with E-state index in [1.807, 2.05) is 39.0 Å². The third-order valence-corrected chi connectivity index (χ3v) is 3.92. The van der Waals surface area contributed by atoms with Crippen LogP contribution in [0.15, 0.2) is 35.1 Å². The summed E-state index contributed by atoms with van der Waals surface area (Å²) < 4.78 is 0.952. The van der Waals surface area contributed by atoms with E-state index < -0.39 is 0 Å². The molecule has 1 amide bonds. The predicted octanol–water partition coefficient (Wildman–Crippen LogP) is 3.82. The lowest BCUT2D eigenvalue weighted by molar-refractivity contribution is 0.0934. The highest BCUT2D eigenvalue weighted by molar-refractivity contribution is 9.10. The summed E-state index contributed by atoms with van der Waals surface area (Å²) in [4.78, 5) is 20.3. The van der Waals surface area contributed by atoms with E-state index in [0.29, 0.717) is 11.5 Å². The monoisotopic (exact) mass is 362 g/mol. The van der Waals surface area contributed by atoms with Crippen LogP contribution in [0.25, 0.3) is 0 Å². The Morgan fingerprint density at radius 1 is 1.32 bits per heavy atom. The van der Waals surface area contributed by atoms with Gasteiger partial charge in [0.2, 0.25) is 0 Å². The van der Waals surface area contributed by atoms with Crippen LogP contribution in [0.1, 0.15) is 36.3 Å². The van der Waals surface area contributed by atoms with Crippen molar-refractivity contribution in [1.82, 2.24) is 15.3 Å². The van der Waals surface area contributed by atoms with Crippen LogP contribution in [0.4, 0.5) is 11.5 Å². The summed E-state index contributed by atoms with van der Waals surface area (Å²) in [6.07, 6.45) is 3.90. The van der Waals surface area contributed by atoms with E-state index in [2.05, 4.69) is 36.5 Å². The molecule has 0 spiro atoms. The Bertz CT molecular complexity index is 658. The zero-order chi connectivity index (χ0) is 16.1. The highest BCUT2D eigenvalue weighted by Gasteiger charge is 2.10. The van der Waals surface area contributed by atoms with Crippen LogP contribution in [0.3, 0.4) is 0 Å². The zero-order valence-electron chi connectivity index (χ0n) is 12.9. The molecule has 0 radical (unpaired) electrons. The topological polar surface area (TPSA) is 66.9 Å². The van der Waals surface area contributed by atoms with Gasteiger partial charge in [-0.25, -0.2) is 9.97 Å². The Labute approximate surface area is 138 Å². The maximum atomic E-state index is 11.9. The quantitative estimate of drug-likeness (QED) is 0.848. The summed E-state index contributed by atoms with van der Waals surface area (Å²) in [6.45, 7) is 6.00. The molecule has 1 atom stereocenters. The van der Waals surface area contributed by atoms with Gasteiger partial charge in [-0.05, 0) is 53.9 Å². The lowest BCUT2D eigenvalue weighted by Gasteiger charge is -2.11. The molecule has 0 aliphatic rings. The minimum Gasteiger partial charge on any atom is -0.348 e. The van der Waals surface area contributed by atoms with Gasteiger partial charge in [0.05, 0.1) is 18.1 Å². The van der Waals surface area contributed by atoms with Crippen molar-refractivity contribution in [3.8, 4) is 0 Å². The molecule has 1 aromatic carbocycles. The molecule has 0 saturated carbocycles. The minimum atomic E-state index is -0.204. The van der Waals surface area contributed by atoms with E-state index in [-0.39, 0.29) is 11.9 Å². The number of aromatic nitrogens is 2. The second-order valence-corrected chi connectivity index (χ2v) is 6.03. The summed E-state index contributed by atoms with van der Waals surface area (Å²) >= 11 is 3.50. The van der Waals surface area contributed by atoms with Crippen LogP contribution in [-0.4, -0.2) is 21.9 Å². The number of amides is 1. The Balaban J connectivity index is 2.07. The summed E-state index contributed by atoms with van der Waals surface area (Å²) in [5.74, 6) is 0.384. The van der Waals surface area contributed by atoms with Crippen LogP contribution in [-0.2, 0) is 0 Å². The van der Waals surface area contributed by atoms with E-state index in [0.717, 1.165) is 16.6 Å². The first-order chi connectivity index (χ1) is 10.5. The number of hydrogen-bond acceptors (Lipinski definition) is 4. The van der Waals surface area contributed by atoms with Crippen LogP contribution in [0, 0.1) is 6.92 Å². The Hall–Kier alpha value is -1.95. The van der Waals surface area contributed by atoms with Gasteiger partial charge < -0.3 is 10.6 Å². The average molecular weight is 363 g/mol. The Morgan fingerprint density at radius 3 is 2.68 bits per heavy atom. The van der Waals surface area contributed by atoms with Gasteiger partial charge in [0.25, 0.3) is 5.91 Å². The van der Waals surface area contributed by atoms with Gasteiger partial charge in [-0.15, -0.1) is 0 Å². The van der Waals surface area contributed by atoms with Gasteiger partial charge in [0, 0.05) is 10.5 Å². The SMILES string of the molecule is CCC(C)NC(=O)c1cnc(Nc2ccc(C)cc2Br)cn1. The number of carbonyl (C=O) groups is 1. The van der Waals surface area contributed by atoms with Crippen molar-refractivity contribution < 1.29 is 4.79 Å². The molecule has 2 aromatic rings. The van der Waals surface area contributed by atoms with Crippen molar-refractivity contribution in [2.75, 3.05) is 5.32 Å². The molecular formula is C16H19BrN4O. The third kappa shape index (κ3) is 4.27. The number of rotatable bonds is 5. The first-order valence-electron chi connectivity index (χ1n) is 7.15. The first kappa shape index (κ1) is 16.4. The summed E-state index contributed by atoms with van der Waals surface area (Å²) in [7, 11) is 0. The first-order valence-corrected chi connectivity index (χ1v) is 7.95. The highest BCUT2D eigenvalue weighted by atomic mass is 79.9. The van der Waals surface area contributed by atoms with Crippen molar-refractivity contribution >= 4 is 33.3 Å². The van der Waals surface area contributed by atoms with Gasteiger partial charge in [-0.1, -0.05) is 13.0 Å². The van der Waals surface area contributed by atoms with E-state index in [1.165, 1.54) is 11.8 Å². The van der Waals surface area contributed by atoms with Crippen LogP contribution >= 0.6 is 15.9 Å². The fourth-order valence-corrected chi connectivity index (χ4v) is 2.36. The van der Waals surface area contributed by atoms with Gasteiger partial charge in [0.15, 0.2) is 0 Å². The van der Waals surface area contributed by atoms with Gasteiger partial charge in [-0.2, -0.15) is 0 Å². The standard InChI is InChI=1S/C16H19BrN4O/c1-4-11(3)20-16(22)14-8-19-15(9-18-14)21-13-6-5-10(2)7-12(13)17/h5-9,11H,4H2,1-3H3,(H,19,21)(H,20,22). The van der Waals surface area contributed by atoms with Crippen LogP contribution in [0.2, 0.25) is 0 Å². The molecule has 0 bridgehead atoms. The molecule has 6 heteroatoms. The fraction of sp³-hybridized carbons (Fsp3) is 0.312. The minimum absolute atomic E-state index is 0.121. The molecule has 0 saturated heterocycles. The maximum absolute atomic E-state index is 11.9. The van der Waals surface area contributed by atoms with Crippen LogP contribution < -0.4 is 10.6 Å². The molecule has 0 fully saturated rings. The summed E-state index contributed by atoms with van der Waals surface area (Å²) in [5.41, 5.74) is 2.38. The summed E-state index contributed by atoms with van der Waals surface area (Å²) in [6, 6.07) is 6.11. The molecule has 1 unspecified atom stereocenters. The van der Waals surface area contributed by atoms with E-state index in [4.69, 9.17) is 0 Å². The number of nitrogens with zero attached hydrogens (tertiary/aromatic N) is 2. The van der Waals surface area contributed by atoms with Gasteiger partial charge in [0.1, 0.15) is 11.5 Å². The van der Waals surface area contributed by atoms with E-state index in [9.17, 15) is 4.79 Å². The number of hydrogen-bond donors (Lipinski definition) is 2. The van der Waals surface area contributed by atoms with Crippen molar-refractivity contribution in [3.05, 3.63) is 46.3 Å². The normalized spacial score (nSPS) is 11.8. The average Bonchev–Trinajstić information content (AvgIpc) is 2.50. The highest BCUT2D eigenvalue weighted by Crippen LogP contribution is 2.25. The molecule has 22 heavy (non-hydrogen) atoms. The van der Waals surface area contributed by atoms with Crippen LogP contribution in [0.5, 0.6) is 0 Å². The van der Waals surface area contributed by atoms with Gasteiger partial charge in [-0.3, -0.25) is 4.79 Å². The molecule has 2 N–H and O–H groups in total. The third-order valence-electron chi connectivity index (χ3n) is 3.26. The maximum Gasteiger partial charge on any atom is 0.271 e. The number of anilines is 2. The second kappa shape index (κ2) is 7.35. The van der Waals surface area contributed by atoms with Crippen molar-refractivity contribution in [1.29, 1.82) is 0 Å². The second-order valence-electron chi connectivity index (χ2n) is 5.18. The van der Waals surface area contributed by atoms with E-state index in [1.54, 1.807) is 6.20 Å². The Kier molecular flexibility index (Phi) is 5.49. The zero-order valence-corrected chi connectivity index (χ0v) is 14.4. The molecule has 1 aromatic heterocycles. The Morgan fingerprint density at radius 2 is 2.09 bits per heavy atom. The smallest absolute Gasteiger partial charge is 0.271 e. The number of benzene rings is 1. The number of carbonyl (C=O) groups excluding carboxylic acids is 1. The lowest BCUT2D eigenvalue weighted by Crippen LogP contribution is -2.32. The number of aryl methyl sites for hydroxylation is 1. The molecule has 2 rings (SSSR count). The van der Waals surface area contributed by atoms with Gasteiger partial charge >= 0.3 is 0 Å². The van der Waals surface area contributed by atoms with E-state index >= 15 is 0 Å².